The minimum absolute atomic E-state index is 0.262. The summed E-state index contributed by atoms with van der Waals surface area (Å²) in [7, 11) is -3.54. The van der Waals surface area contributed by atoms with Crippen molar-refractivity contribution in [2.24, 2.45) is 5.73 Å². The van der Waals surface area contributed by atoms with Crippen molar-refractivity contribution in [1.29, 1.82) is 0 Å². The van der Waals surface area contributed by atoms with Gasteiger partial charge in [0, 0.05) is 6.54 Å². The molecule has 1 aliphatic rings. The van der Waals surface area contributed by atoms with Gasteiger partial charge in [0.1, 0.15) is 0 Å². The van der Waals surface area contributed by atoms with Gasteiger partial charge < -0.3 is 5.73 Å². The predicted molar refractivity (Wildman–Crippen MR) is 84.2 cm³/mol. The van der Waals surface area contributed by atoms with E-state index in [2.05, 4.69) is 0 Å². The van der Waals surface area contributed by atoms with Gasteiger partial charge in [-0.15, -0.1) is 0 Å². The summed E-state index contributed by atoms with van der Waals surface area (Å²) in [5.41, 5.74) is 7.53. The Bertz CT molecular complexity index is 626. The van der Waals surface area contributed by atoms with Crippen molar-refractivity contribution in [3.63, 3.8) is 0 Å². The van der Waals surface area contributed by atoms with Crippen LogP contribution in [0.1, 0.15) is 30.4 Å². The van der Waals surface area contributed by atoms with E-state index in [1.165, 1.54) is 4.31 Å². The Morgan fingerprint density at radius 1 is 1.35 bits per heavy atom. The fourth-order valence-electron chi connectivity index (χ4n) is 2.69. The highest BCUT2D eigenvalue weighted by Crippen LogP contribution is 2.27. The molecule has 0 radical (unpaired) electrons. The van der Waals surface area contributed by atoms with Crippen LogP contribution < -0.4 is 5.73 Å². The maximum Gasteiger partial charge on any atom is 0.243 e. The first-order valence-corrected chi connectivity index (χ1v) is 8.57. The van der Waals surface area contributed by atoms with Crippen LogP contribution in [-0.4, -0.2) is 30.3 Å². The summed E-state index contributed by atoms with van der Waals surface area (Å²) in [6.07, 6.45) is 2.52. The largest absolute Gasteiger partial charge is 0.392 e. The molecule has 1 fully saturated rings. The Morgan fingerprint density at radius 2 is 2.05 bits per heavy atom. The van der Waals surface area contributed by atoms with Gasteiger partial charge in [-0.2, -0.15) is 4.31 Å². The highest BCUT2D eigenvalue weighted by atomic mass is 32.2. The smallest absolute Gasteiger partial charge is 0.243 e. The van der Waals surface area contributed by atoms with E-state index < -0.39 is 10.0 Å². The van der Waals surface area contributed by atoms with Crippen molar-refractivity contribution in [2.45, 2.75) is 44.0 Å². The van der Waals surface area contributed by atoms with Gasteiger partial charge in [0.05, 0.1) is 15.9 Å². The number of piperidine rings is 1. The lowest BCUT2D eigenvalue weighted by Crippen LogP contribution is -2.49. The van der Waals surface area contributed by atoms with Gasteiger partial charge in [-0.25, -0.2) is 8.42 Å². The van der Waals surface area contributed by atoms with E-state index in [0.29, 0.717) is 17.9 Å². The molecular formula is C14H20N2O2S2. The third-order valence-electron chi connectivity index (χ3n) is 3.70. The van der Waals surface area contributed by atoms with Crippen LogP contribution in [0.5, 0.6) is 0 Å². The molecule has 6 heteroatoms. The van der Waals surface area contributed by atoms with Crippen LogP contribution in [0.25, 0.3) is 0 Å². The van der Waals surface area contributed by atoms with E-state index in [-0.39, 0.29) is 11.0 Å². The molecule has 0 aliphatic carbocycles. The van der Waals surface area contributed by atoms with Crippen molar-refractivity contribution >= 4 is 27.2 Å². The minimum atomic E-state index is -3.54. The fraction of sp³-hybridized carbons (Fsp3) is 0.500. The number of thiocarbonyl (C=S) groups is 1. The van der Waals surface area contributed by atoms with Crippen LogP contribution in [0.3, 0.4) is 0 Å². The van der Waals surface area contributed by atoms with Gasteiger partial charge in [-0.05, 0) is 38.3 Å². The third-order valence-corrected chi connectivity index (χ3v) is 6.04. The van der Waals surface area contributed by atoms with Crippen molar-refractivity contribution in [3.8, 4) is 0 Å². The normalized spacial score (nSPS) is 20.8. The first-order chi connectivity index (χ1) is 9.34. The van der Waals surface area contributed by atoms with Crippen LogP contribution >= 0.6 is 12.2 Å². The van der Waals surface area contributed by atoms with Gasteiger partial charge in [0.25, 0.3) is 0 Å². The predicted octanol–water partition coefficient (Wildman–Crippen LogP) is 2.13. The zero-order valence-electron chi connectivity index (χ0n) is 11.8. The maximum absolute atomic E-state index is 12.8. The number of rotatable bonds is 3. The Balaban J connectivity index is 2.45. The average molecular weight is 312 g/mol. The standard InChI is InChI=1S/C14H20N2O2S2/c1-10-6-7-13(11(2)9-10)20(17,18)16-8-4-3-5-12(16)14(15)19/h6-7,9,12H,3-5,8H2,1-2H3,(H2,15,19). The van der Waals surface area contributed by atoms with Gasteiger partial charge >= 0.3 is 0 Å². The second-order valence-electron chi connectivity index (χ2n) is 5.30. The molecule has 110 valence electrons. The quantitative estimate of drug-likeness (QED) is 0.869. The number of benzene rings is 1. The summed E-state index contributed by atoms with van der Waals surface area (Å²) in [5, 5.41) is 0. The third kappa shape index (κ3) is 2.87. The second kappa shape index (κ2) is 5.79. The molecule has 1 aliphatic heterocycles. The Labute approximate surface area is 126 Å². The molecule has 1 unspecified atom stereocenters. The molecule has 1 atom stereocenters. The first kappa shape index (κ1) is 15.4. The van der Waals surface area contributed by atoms with E-state index in [1.54, 1.807) is 6.07 Å². The summed E-state index contributed by atoms with van der Waals surface area (Å²) >= 11 is 5.04. The number of hydrogen-bond acceptors (Lipinski definition) is 3. The van der Waals surface area contributed by atoms with Crippen LogP contribution in [-0.2, 0) is 10.0 Å². The van der Waals surface area contributed by atoms with Crippen LogP contribution in [0, 0.1) is 13.8 Å². The molecule has 0 spiro atoms. The lowest BCUT2D eigenvalue weighted by Gasteiger charge is -2.34. The molecule has 1 saturated heterocycles. The van der Waals surface area contributed by atoms with E-state index in [0.717, 1.165) is 24.0 Å². The van der Waals surface area contributed by atoms with Crippen molar-refractivity contribution in [2.75, 3.05) is 6.54 Å². The molecule has 0 aromatic heterocycles. The van der Waals surface area contributed by atoms with Crippen LogP contribution in [0.4, 0.5) is 0 Å². The molecule has 1 aromatic rings. The van der Waals surface area contributed by atoms with Crippen LogP contribution in [0.2, 0.25) is 0 Å². The molecule has 1 aromatic carbocycles. The summed E-state index contributed by atoms with van der Waals surface area (Å²) in [6, 6.07) is 5.02. The highest BCUT2D eigenvalue weighted by Gasteiger charge is 2.35. The SMILES string of the molecule is Cc1ccc(S(=O)(=O)N2CCCCC2C(N)=S)c(C)c1. The zero-order chi connectivity index (χ0) is 14.9. The summed E-state index contributed by atoms with van der Waals surface area (Å²) in [5.74, 6) is 0. The lowest BCUT2D eigenvalue weighted by atomic mass is 10.1. The average Bonchev–Trinajstić information content (AvgIpc) is 2.38. The molecule has 4 nitrogen and oxygen atoms in total. The molecule has 0 amide bonds. The zero-order valence-corrected chi connectivity index (χ0v) is 13.4. The highest BCUT2D eigenvalue weighted by molar-refractivity contribution is 7.89. The van der Waals surface area contributed by atoms with Crippen molar-refractivity contribution < 1.29 is 8.42 Å². The maximum atomic E-state index is 12.8. The van der Waals surface area contributed by atoms with Gasteiger partial charge in [-0.1, -0.05) is 36.3 Å². The topological polar surface area (TPSA) is 63.4 Å². The van der Waals surface area contributed by atoms with Gasteiger partial charge in [-0.3, -0.25) is 0 Å². The van der Waals surface area contributed by atoms with E-state index in [9.17, 15) is 8.42 Å². The molecular weight excluding hydrogens is 292 g/mol. The summed E-state index contributed by atoms with van der Waals surface area (Å²) < 4.78 is 27.2. The molecule has 1 heterocycles. The molecule has 2 N–H and O–H groups in total. The second-order valence-corrected chi connectivity index (χ2v) is 7.63. The Hall–Kier alpha value is -0.980. The summed E-state index contributed by atoms with van der Waals surface area (Å²) in [4.78, 5) is 0.615. The van der Waals surface area contributed by atoms with E-state index in [1.807, 2.05) is 26.0 Å². The molecule has 0 bridgehead atoms. The number of hydrogen-bond donors (Lipinski definition) is 1. The number of nitrogens with zero attached hydrogens (tertiary/aromatic N) is 1. The van der Waals surface area contributed by atoms with Crippen molar-refractivity contribution in [1.82, 2.24) is 4.31 Å². The molecule has 20 heavy (non-hydrogen) atoms. The van der Waals surface area contributed by atoms with E-state index in [4.69, 9.17) is 18.0 Å². The lowest BCUT2D eigenvalue weighted by molar-refractivity contribution is 0.306. The molecule has 2 rings (SSSR count). The number of nitrogens with two attached hydrogens (primary N) is 1. The monoisotopic (exact) mass is 312 g/mol. The Morgan fingerprint density at radius 3 is 2.65 bits per heavy atom. The first-order valence-electron chi connectivity index (χ1n) is 6.72. The van der Waals surface area contributed by atoms with Crippen molar-refractivity contribution in [3.05, 3.63) is 29.3 Å². The minimum Gasteiger partial charge on any atom is -0.392 e. The Kier molecular flexibility index (Phi) is 4.46. The van der Waals surface area contributed by atoms with Gasteiger partial charge in [0.15, 0.2) is 0 Å². The van der Waals surface area contributed by atoms with E-state index >= 15 is 0 Å². The summed E-state index contributed by atoms with van der Waals surface area (Å²) in [6.45, 7) is 4.25. The molecule has 0 saturated carbocycles. The number of sulfonamides is 1. The fourth-order valence-corrected chi connectivity index (χ4v) is 4.89. The number of aryl methyl sites for hydroxylation is 2. The van der Waals surface area contributed by atoms with Crippen LogP contribution in [0.15, 0.2) is 23.1 Å². The van der Waals surface area contributed by atoms with Gasteiger partial charge in [0.2, 0.25) is 10.0 Å².